The summed E-state index contributed by atoms with van der Waals surface area (Å²) in [4.78, 5) is 5.13. The van der Waals surface area contributed by atoms with Gasteiger partial charge in [-0.25, -0.2) is 0 Å². The SMILES string of the molecule is c1ccc(N2CCC(C3CCN(c4ccccc4)CC3)CC2)cc1. The monoisotopic (exact) mass is 320 g/mol. The maximum absolute atomic E-state index is 2.57. The van der Waals surface area contributed by atoms with Crippen LogP contribution in [0.15, 0.2) is 60.7 Å². The van der Waals surface area contributed by atoms with E-state index in [-0.39, 0.29) is 0 Å². The summed E-state index contributed by atoms with van der Waals surface area (Å²) in [7, 11) is 0. The Balaban J connectivity index is 1.28. The van der Waals surface area contributed by atoms with Crippen LogP contribution in [0.5, 0.6) is 0 Å². The van der Waals surface area contributed by atoms with Crippen molar-refractivity contribution >= 4 is 11.4 Å². The molecule has 0 spiro atoms. The summed E-state index contributed by atoms with van der Waals surface area (Å²) in [6.07, 6.45) is 5.46. The first-order valence-corrected chi connectivity index (χ1v) is 9.50. The first kappa shape index (κ1) is 15.6. The van der Waals surface area contributed by atoms with Gasteiger partial charge in [0, 0.05) is 37.6 Å². The van der Waals surface area contributed by atoms with Gasteiger partial charge in [0.2, 0.25) is 0 Å². The van der Waals surface area contributed by atoms with E-state index in [1.165, 1.54) is 63.2 Å². The number of rotatable bonds is 3. The molecule has 126 valence electrons. The molecule has 24 heavy (non-hydrogen) atoms. The van der Waals surface area contributed by atoms with Gasteiger partial charge in [0.05, 0.1) is 0 Å². The quantitative estimate of drug-likeness (QED) is 0.800. The van der Waals surface area contributed by atoms with Crippen LogP contribution in [0.3, 0.4) is 0 Å². The fourth-order valence-electron chi connectivity index (χ4n) is 4.54. The lowest BCUT2D eigenvalue weighted by molar-refractivity contribution is 0.233. The largest absolute Gasteiger partial charge is 0.372 e. The maximum atomic E-state index is 2.57. The van der Waals surface area contributed by atoms with Crippen molar-refractivity contribution in [3.05, 3.63) is 60.7 Å². The number of para-hydroxylation sites is 2. The standard InChI is InChI=1S/C22H28N2/c1-3-7-21(8-4-1)23-15-11-19(12-16-23)20-13-17-24(18-14-20)22-9-5-2-6-10-22/h1-10,19-20H,11-18H2. The van der Waals surface area contributed by atoms with Gasteiger partial charge in [0.25, 0.3) is 0 Å². The van der Waals surface area contributed by atoms with Crippen molar-refractivity contribution in [1.29, 1.82) is 0 Å². The zero-order valence-electron chi connectivity index (χ0n) is 14.5. The van der Waals surface area contributed by atoms with E-state index in [0.29, 0.717) is 0 Å². The van der Waals surface area contributed by atoms with Crippen molar-refractivity contribution in [3.63, 3.8) is 0 Å². The molecule has 0 amide bonds. The van der Waals surface area contributed by atoms with Crippen molar-refractivity contribution in [2.75, 3.05) is 36.0 Å². The van der Waals surface area contributed by atoms with E-state index in [1.807, 2.05) is 0 Å². The van der Waals surface area contributed by atoms with Crippen LogP contribution in [0.1, 0.15) is 25.7 Å². The smallest absolute Gasteiger partial charge is 0.0366 e. The Hall–Kier alpha value is -1.96. The van der Waals surface area contributed by atoms with E-state index >= 15 is 0 Å². The normalized spacial score (nSPS) is 20.3. The first-order valence-electron chi connectivity index (χ1n) is 9.50. The average molecular weight is 320 g/mol. The Kier molecular flexibility index (Phi) is 4.73. The number of hydrogen-bond donors (Lipinski definition) is 0. The molecule has 0 N–H and O–H groups in total. The third-order valence-corrected chi connectivity index (χ3v) is 5.99. The minimum Gasteiger partial charge on any atom is -0.372 e. The second-order valence-corrected chi connectivity index (χ2v) is 7.32. The summed E-state index contributed by atoms with van der Waals surface area (Å²) < 4.78 is 0. The number of nitrogens with zero attached hydrogens (tertiary/aromatic N) is 2. The van der Waals surface area contributed by atoms with Crippen LogP contribution in [0.2, 0.25) is 0 Å². The minimum absolute atomic E-state index is 0.933. The highest BCUT2D eigenvalue weighted by Gasteiger charge is 2.29. The van der Waals surface area contributed by atoms with E-state index in [1.54, 1.807) is 0 Å². The molecule has 0 radical (unpaired) electrons. The van der Waals surface area contributed by atoms with Gasteiger partial charge in [0.1, 0.15) is 0 Å². The molecule has 4 rings (SSSR count). The molecular formula is C22H28N2. The number of hydrogen-bond acceptors (Lipinski definition) is 2. The van der Waals surface area contributed by atoms with Crippen molar-refractivity contribution in [3.8, 4) is 0 Å². The van der Waals surface area contributed by atoms with Crippen molar-refractivity contribution in [2.45, 2.75) is 25.7 Å². The predicted molar refractivity (Wildman–Crippen MR) is 103 cm³/mol. The summed E-state index contributed by atoms with van der Waals surface area (Å²) in [5.41, 5.74) is 2.80. The van der Waals surface area contributed by atoms with Crippen LogP contribution in [0, 0.1) is 11.8 Å². The molecule has 2 nitrogen and oxygen atoms in total. The molecule has 2 aromatic carbocycles. The zero-order chi connectivity index (χ0) is 16.2. The third-order valence-electron chi connectivity index (χ3n) is 5.99. The Morgan fingerprint density at radius 1 is 0.500 bits per heavy atom. The van der Waals surface area contributed by atoms with Gasteiger partial charge in [-0.1, -0.05) is 36.4 Å². The fraction of sp³-hybridized carbons (Fsp3) is 0.455. The van der Waals surface area contributed by atoms with Gasteiger partial charge in [-0.2, -0.15) is 0 Å². The molecule has 2 heteroatoms. The lowest BCUT2D eigenvalue weighted by Crippen LogP contribution is -2.40. The summed E-state index contributed by atoms with van der Waals surface area (Å²) in [5.74, 6) is 1.87. The first-order chi connectivity index (χ1) is 11.9. The van der Waals surface area contributed by atoms with Gasteiger partial charge in [0.15, 0.2) is 0 Å². The highest BCUT2D eigenvalue weighted by Crippen LogP contribution is 2.34. The van der Waals surface area contributed by atoms with Crippen LogP contribution >= 0.6 is 0 Å². The van der Waals surface area contributed by atoms with Crippen molar-refractivity contribution in [2.24, 2.45) is 11.8 Å². The molecule has 2 aliphatic heterocycles. The molecular weight excluding hydrogens is 292 g/mol. The maximum Gasteiger partial charge on any atom is 0.0366 e. The molecule has 0 unspecified atom stereocenters. The van der Waals surface area contributed by atoms with Gasteiger partial charge in [-0.3, -0.25) is 0 Å². The highest BCUT2D eigenvalue weighted by molar-refractivity contribution is 5.47. The summed E-state index contributed by atoms with van der Waals surface area (Å²) in [6, 6.07) is 21.8. The zero-order valence-corrected chi connectivity index (χ0v) is 14.5. The molecule has 0 atom stereocenters. The predicted octanol–water partition coefficient (Wildman–Crippen LogP) is 4.82. The number of piperidine rings is 2. The van der Waals surface area contributed by atoms with Crippen molar-refractivity contribution < 1.29 is 0 Å². The molecule has 0 saturated carbocycles. The number of anilines is 2. The fourth-order valence-corrected chi connectivity index (χ4v) is 4.54. The molecule has 2 heterocycles. The van der Waals surface area contributed by atoms with E-state index in [2.05, 4.69) is 70.5 Å². The summed E-state index contributed by atoms with van der Waals surface area (Å²) >= 11 is 0. The van der Waals surface area contributed by atoms with E-state index in [4.69, 9.17) is 0 Å². The molecule has 2 saturated heterocycles. The lowest BCUT2D eigenvalue weighted by Gasteiger charge is -2.41. The Morgan fingerprint density at radius 3 is 1.17 bits per heavy atom. The van der Waals surface area contributed by atoms with Crippen LogP contribution < -0.4 is 9.80 Å². The van der Waals surface area contributed by atoms with E-state index in [0.717, 1.165) is 11.8 Å². The van der Waals surface area contributed by atoms with Gasteiger partial charge >= 0.3 is 0 Å². The van der Waals surface area contributed by atoms with Crippen LogP contribution in [-0.4, -0.2) is 26.2 Å². The molecule has 2 aliphatic rings. The molecule has 0 aromatic heterocycles. The molecule has 2 fully saturated rings. The molecule has 0 bridgehead atoms. The second kappa shape index (κ2) is 7.29. The van der Waals surface area contributed by atoms with Crippen LogP contribution in [0.25, 0.3) is 0 Å². The lowest BCUT2D eigenvalue weighted by atomic mass is 9.78. The van der Waals surface area contributed by atoms with Crippen LogP contribution in [0.4, 0.5) is 11.4 Å². The van der Waals surface area contributed by atoms with E-state index < -0.39 is 0 Å². The molecule has 0 aliphatic carbocycles. The van der Waals surface area contributed by atoms with Crippen LogP contribution in [-0.2, 0) is 0 Å². The second-order valence-electron chi connectivity index (χ2n) is 7.32. The Labute approximate surface area is 146 Å². The Bertz CT molecular complexity index is 551. The highest BCUT2D eigenvalue weighted by atomic mass is 15.1. The number of benzene rings is 2. The van der Waals surface area contributed by atoms with Gasteiger partial charge in [-0.15, -0.1) is 0 Å². The van der Waals surface area contributed by atoms with Gasteiger partial charge < -0.3 is 9.80 Å². The topological polar surface area (TPSA) is 6.48 Å². The van der Waals surface area contributed by atoms with Crippen molar-refractivity contribution in [1.82, 2.24) is 0 Å². The average Bonchev–Trinajstić information content (AvgIpc) is 2.70. The molecule has 2 aromatic rings. The van der Waals surface area contributed by atoms with Gasteiger partial charge in [-0.05, 0) is 61.8 Å². The third kappa shape index (κ3) is 3.43. The minimum atomic E-state index is 0.933. The Morgan fingerprint density at radius 2 is 0.833 bits per heavy atom. The summed E-state index contributed by atoms with van der Waals surface area (Å²) in [5, 5.41) is 0. The van der Waals surface area contributed by atoms with E-state index in [9.17, 15) is 0 Å². The summed E-state index contributed by atoms with van der Waals surface area (Å²) in [6.45, 7) is 4.92.